The summed E-state index contributed by atoms with van der Waals surface area (Å²) in [7, 11) is 3.37. The molecule has 1 aliphatic carbocycles. The van der Waals surface area contributed by atoms with Gasteiger partial charge in [-0.25, -0.2) is 0 Å². The number of ether oxygens (including phenoxy) is 2. The predicted octanol–water partition coefficient (Wildman–Crippen LogP) is 3.06. The summed E-state index contributed by atoms with van der Waals surface area (Å²) < 4.78 is 10.9. The number of nitrogens with zero attached hydrogens (tertiary/aromatic N) is 1. The maximum absolute atomic E-state index is 10.6. The van der Waals surface area contributed by atoms with E-state index in [2.05, 4.69) is 30.9 Å². The van der Waals surface area contributed by atoms with Crippen LogP contribution in [0.3, 0.4) is 0 Å². The van der Waals surface area contributed by atoms with Crippen molar-refractivity contribution >= 4 is 0 Å². The highest BCUT2D eigenvalue weighted by Gasteiger charge is 2.37. The first-order valence-corrected chi connectivity index (χ1v) is 8.71. The van der Waals surface area contributed by atoms with Crippen LogP contribution in [-0.2, 0) is 9.47 Å². The summed E-state index contributed by atoms with van der Waals surface area (Å²) in [5.74, 6) is 3.00. The van der Waals surface area contributed by atoms with Crippen molar-refractivity contribution in [3.63, 3.8) is 0 Å². The predicted molar refractivity (Wildman–Crippen MR) is 90.5 cm³/mol. The zero-order chi connectivity index (χ0) is 16.6. The number of aliphatic hydroxyl groups excluding tert-OH is 1. The molecule has 1 fully saturated rings. The fraction of sp³-hybridized carbons (Fsp3) is 0.684. The van der Waals surface area contributed by atoms with Crippen LogP contribution in [0.5, 0.6) is 0 Å². The first-order chi connectivity index (χ1) is 11.0. The van der Waals surface area contributed by atoms with Gasteiger partial charge in [0.05, 0.1) is 20.3 Å². The zero-order valence-electron chi connectivity index (χ0n) is 14.7. The van der Waals surface area contributed by atoms with E-state index >= 15 is 0 Å². The molecule has 0 spiro atoms. The topological polar surface area (TPSA) is 41.9 Å². The summed E-state index contributed by atoms with van der Waals surface area (Å²) in [6.07, 6.45) is 7.00. The summed E-state index contributed by atoms with van der Waals surface area (Å²) >= 11 is 0. The molecule has 23 heavy (non-hydrogen) atoms. The van der Waals surface area contributed by atoms with Gasteiger partial charge in [-0.15, -0.1) is 0 Å². The van der Waals surface area contributed by atoms with Gasteiger partial charge in [-0.2, -0.15) is 0 Å². The molecule has 128 valence electrons. The molecule has 2 aliphatic heterocycles. The lowest BCUT2D eigenvalue weighted by molar-refractivity contribution is 0.0352. The lowest BCUT2D eigenvalue weighted by Crippen LogP contribution is -2.45. The van der Waals surface area contributed by atoms with Crippen LogP contribution in [0.25, 0.3) is 0 Å². The standard InChI is InChI=1S/C19H29NO3/c1-12(2)7-14-11-20-6-5-13-8-18(22-3)19(23-4)9-15(13)16(20)10-17(14)21/h8-9,12-14,17,21H,5-7,10-11H2,1-4H3/t13?,14-,17-/m1/s1. The van der Waals surface area contributed by atoms with Crippen molar-refractivity contribution in [2.45, 2.75) is 39.2 Å². The third-order valence-electron chi connectivity index (χ3n) is 5.32. The molecule has 1 unspecified atom stereocenters. The molecule has 0 saturated carbocycles. The van der Waals surface area contributed by atoms with Gasteiger partial charge >= 0.3 is 0 Å². The first-order valence-electron chi connectivity index (χ1n) is 8.71. The lowest BCUT2D eigenvalue weighted by Gasteiger charge is -2.45. The molecule has 2 heterocycles. The monoisotopic (exact) mass is 319 g/mol. The molecule has 0 aromatic heterocycles. The molecule has 1 saturated heterocycles. The van der Waals surface area contributed by atoms with E-state index in [-0.39, 0.29) is 6.10 Å². The van der Waals surface area contributed by atoms with E-state index in [1.54, 1.807) is 14.2 Å². The maximum Gasteiger partial charge on any atom is 0.160 e. The molecule has 3 rings (SSSR count). The van der Waals surface area contributed by atoms with Crippen molar-refractivity contribution in [3.05, 3.63) is 34.9 Å². The molecule has 0 radical (unpaired) electrons. The Hall–Kier alpha value is -1.42. The summed E-state index contributed by atoms with van der Waals surface area (Å²) in [6.45, 7) is 6.51. The molecule has 0 aromatic carbocycles. The van der Waals surface area contributed by atoms with Gasteiger partial charge < -0.3 is 19.5 Å². The number of methoxy groups -OCH3 is 2. The Balaban J connectivity index is 1.88. The maximum atomic E-state index is 10.6. The molecule has 4 heteroatoms. The first kappa shape index (κ1) is 16.4. The van der Waals surface area contributed by atoms with Crippen molar-refractivity contribution in [2.24, 2.45) is 17.8 Å². The number of fused-ring (bicyclic) bond motifs is 2. The van der Waals surface area contributed by atoms with Crippen molar-refractivity contribution in [2.75, 3.05) is 27.3 Å². The quantitative estimate of drug-likeness (QED) is 0.865. The SMILES string of the molecule is COC1=CC2=C3C[C@@H](O)[C@H](CC(C)C)CN3CCC2C=C1OC. The second-order valence-corrected chi connectivity index (χ2v) is 7.35. The van der Waals surface area contributed by atoms with Crippen LogP contribution in [0.2, 0.25) is 0 Å². The van der Waals surface area contributed by atoms with Gasteiger partial charge in [0.1, 0.15) is 0 Å². The Morgan fingerprint density at radius 3 is 2.65 bits per heavy atom. The summed E-state index contributed by atoms with van der Waals surface area (Å²) in [5.41, 5.74) is 2.60. The van der Waals surface area contributed by atoms with E-state index in [0.717, 1.165) is 43.9 Å². The third-order valence-corrected chi connectivity index (χ3v) is 5.32. The van der Waals surface area contributed by atoms with Crippen LogP contribution in [-0.4, -0.2) is 43.4 Å². The number of piperidine rings is 1. The number of allylic oxidation sites excluding steroid dienone is 3. The minimum atomic E-state index is -0.234. The van der Waals surface area contributed by atoms with Crippen LogP contribution in [0, 0.1) is 17.8 Å². The highest BCUT2D eigenvalue weighted by atomic mass is 16.5. The van der Waals surface area contributed by atoms with Crippen molar-refractivity contribution in [1.82, 2.24) is 4.90 Å². The van der Waals surface area contributed by atoms with Gasteiger partial charge in [0.2, 0.25) is 0 Å². The third kappa shape index (κ3) is 3.14. The second-order valence-electron chi connectivity index (χ2n) is 7.35. The molecule has 3 atom stereocenters. The molecule has 1 N–H and O–H groups in total. The van der Waals surface area contributed by atoms with Crippen LogP contribution < -0.4 is 0 Å². The molecule has 4 nitrogen and oxygen atoms in total. The summed E-state index contributed by atoms with van der Waals surface area (Å²) in [5, 5.41) is 10.6. The van der Waals surface area contributed by atoms with Gasteiger partial charge in [-0.1, -0.05) is 13.8 Å². The van der Waals surface area contributed by atoms with Crippen LogP contribution in [0.1, 0.15) is 33.1 Å². The van der Waals surface area contributed by atoms with Gasteiger partial charge in [-0.3, -0.25) is 0 Å². The van der Waals surface area contributed by atoms with Crippen LogP contribution in [0.4, 0.5) is 0 Å². The van der Waals surface area contributed by atoms with E-state index in [1.807, 2.05) is 0 Å². The number of rotatable bonds is 4. The fourth-order valence-electron chi connectivity index (χ4n) is 4.21. The average molecular weight is 319 g/mol. The summed E-state index contributed by atoms with van der Waals surface area (Å²) in [4.78, 5) is 2.49. The van der Waals surface area contributed by atoms with Gasteiger partial charge in [0.15, 0.2) is 11.5 Å². The molecule has 0 bridgehead atoms. The number of hydrogen-bond acceptors (Lipinski definition) is 4. The molecular formula is C19H29NO3. The number of aliphatic hydroxyl groups is 1. The van der Waals surface area contributed by atoms with Crippen molar-refractivity contribution < 1.29 is 14.6 Å². The minimum absolute atomic E-state index is 0.234. The smallest absolute Gasteiger partial charge is 0.160 e. The minimum Gasteiger partial charge on any atom is -0.493 e. The largest absolute Gasteiger partial charge is 0.493 e. The van der Waals surface area contributed by atoms with E-state index in [1.165, 1.54) is 11.3 Å². The fourth-order valence-corrected chi connectivity index (χ4v) is 4.21. The zero-order valence-corrected chi connectivity index (χ0v) is 14.7. The molecule has 3 aliphatic rings. The van der Waals surface area contributed by atoms with Gasteiger partial charge in [0.25, 0.3) is 0 Å². The average Bonchev–Trinajstić information content (AvgIpc) is 2.53. The van der Waals surface area contributed by atoms with Crippen molar-refractivity contribution in [3.8, 4) is 0 Å². The Kier molecular flexibility index (Phi) is 4.72. The number of hydrogen-bond donors (Lipinski definition) is 1. The molecule has 0 aromatic rings. The Labute approximate surface area is 139 Å². The second kappa shape index (κ2) is 6.60. The Morgan fingerprint density at radius 2 is 2.00 bits per heavy atom. The van der Waals surface area contributed by atoms with Crippen LogP contribution in [0.15, 0.2) is 34.9 Å². The van der Waals surface area contributed by atoms with Crippen molar-refractivity contribution in [1.29, 1.82) is 0 Å². The van der Waals surface area contributed by atoms with E-state index in [9.17, 15) is 5.11 Å². The van der Waals surface area contributed by atoms with Gasteiger partial charge in [0, 0.05) is 37.0 Å². The lowest BCUT2D eigenvalue weighted by atomic mass is 9.79. The van der Waals surface area contributed by atoms with E-state index in [4.69, 9.17) is 9.47 Å². The molecular weight excluding hydrogens is 290 g/mol. The van der Waals surface area contributed by atoms with Crippen LogP contribution >= 0.6 is 0 Å². The normalized spacial score (nSPS) is 30.5. The van der Waals surface area contributed by atoms with Gasteiger partial charge in [-0.05, 0) is 36.5 Å². The highest BCUT2D eigenvalue weighted by molar-refractivity contribution is 5.44. The van der Waals surface area contributed by atoms with E-state index in [0.29, 0.717) is 17.8 Å². The summed E-state index contributed by atoms with van der Waals surface area (Å²) in [6, 6.07) is 0. The molecule has 0 amide bonds. The highest BCUT2D eigenvalue weighted by Crippen LogP contribution is 2.41. The van der Waals surface area contributed by atoms with E-state index < -0.39 is 0 Å². The Bertz CT molecular complexity index is 547. The Morgan fingerprint density at radius 1 is 1.26 bits per heavy atom.